The molecule has 0 unspecified atom stereocenters. The van der Waals surface area contributed by atoms with Gasteiger partial charge in [0.25, 0.3) is 5.89 Å². The van der Waals surface area contributed by atoms with Gasteiger partial charge >= 0.3 is 0 Å². The minimum Gasteiger partial charge on any atom is -0.334 e. The first-order valence-corrected chi connectivity index (χ1v) is 6.80. The van der Waals surface area contributed by atoms with Crippen LogP contribution in [0.3, 0.4) is 0 Å². The number of halogens is 2. The van der Waals surface area contributed by atoms with Crippen LogP contribution in [0.15, 0.2) is 53.1 Å². The normalized spacial score (nSPS) is 10.7. The predicted octanol–water partition coefficient (Wildman–Crippen LogP) is 4.63. The maximum Gasteiger partial charge on any atom is 0.257 e. The van der Waals surface area contributed by atoms with Gasteiger partial charge < -0.3 is 4.52 Å². The summed E-state index contributed by atoms with van der Waals surface area (Å²) in [6.45, 7) is 0. The molecule has 0 fully saturated rings. The minimum absolute atomic E-state index is 0.476. The van der Waals surface area contributed by atoms with E-state index in [1.807, 2.05) is 36.4 Å². The third-order valence-electron chi connectivity index (χ3n) is 2.87. The summed E-state index contributed by atoms with van der Waals surface area (Å²) < 4.78 is 5.26. The molecule has 1 aromatic heterocycles. The van der Waals surface area contributed by atoms with E-state index < -0.39 is 0 Å². The molecule has 0 aliphatic heterocycles. The van der Waals surface area contributed by atoms with Crippen LogP contribution in [0.25, 0.3) is 11.5 Å². The van der Waals surface area contributed by atoms with E-state index in [1.165, 1.54) is 0 Å². The number of hydrogen-bond acceptors (Lipinski definition) is 3. The summed E-state index contributed by atoms with van der Waals surface area (Å²) in [5.41, 5.74) is 1.81. The zero-order chi connectivity index (χ0) is 13.9. The van der Waals surface area contributed by atoms with Crippen molar-refractivity contribution < 1.29 is 4.52 Å². The van der Waals surface area contributed by atoms with Gasteiger partial charge in [0.2, 0.25) is 0 Å². The molecule has 5 heteroatoms. The van der Waals surface area contributed by atoms with E-state index in [9.17, 15) is 0 Å². The summed E-state index contributed by atoms with van der Waals surface area (Å²) >= 11 is 12.0. The lowest BCUT2D eigenvalue weighted by molar-refractivity contribution is 0.424. The Hall–Kier alpha value is -1.84. The fourth-order valence-corrected chi connectivity index (χ4v) is 2.18. The van der Waals surface area contributed by atoms with E-state index in [-0.39, 0.29) is 0 Å². The van der Waals surface area contributed by atoms with Crippen LogP contribution in [0.2, 0.25) is 10.0 Å². The van der Waals surface area contributed by atoms with Gasteiger partial charge in [0.05, 0.1) is 0 Å². The second-order valence-corrected chi connectivity index (χ2v) is 5.13. The van der Waals surface area contributed by atoms with Crippen molar-refractivity contribution in [1.82, 2.24) is 10.1 Å². The SMILES string of the molecule is Clc1ccc(-c2nc(Cc3ccccc3Cl)no2)cc1. The van der Waals surface area contributed by atoms with E-state index in [1.54, 1.807) is 12.1 Å². The molecule has 0 aliphatic rings. The fraction of sp³-hybridized carbons (Fsp3) is 0.0667. The average Bonchev–Trinajstić information content (AvgIpc) is 2.91. The number of rotatable bonds is 3. The Balaban J connectivity index is 1.84. The zero-order valence-corrected chi connectivity index (χ0v) is 11.9. The quantitative estimate of drug-likeness (QED) is 0.708. The van der Waals surface area contributed by atoms with Gasteiger partial charge in [-0.1, -0.05) is 46.6 Å². The molecule has 0 amide bonds. The monoisotopic (exact) mass is 304 g/mol. The van der Waals surface area contributed by atoms with Gasteiger partial charge in [0.1, 0.15) is 0 Å². The van der Waals surface area contributed by atoms with Gasteiger partial charge in [-0.05, 0) is 35.9 Å². The van der Waals surface area contributed by atoms with Crippen LogP contribution >= 0.6 is 23.2 Å². The molecule has 0 spiro atoms. The molecule has 0 atom stereocenters. The van der Waals surface area contributed by atoms with Crippen LogP contribution in [-0.4, -0.2) is 10.1 Å². The highest BCUT2D eigenvalue weighted by Gasteiger charge is 2.10. The molecule has 3 aromatic rings. The molecule has 0 radical (unpaired) electrons. The Morgan fingerprint density at radius 3 is 2.45 bits per heavy atom. The topological polar surface area (TPSA) is 38.9 Å². The van der Waals surface area contributed by atoms with Crippen molar-refractivity contribution in [3.05, 3.63) is 70.0 Å². The number of hydrogen-bond donors (Lipinski definition) is 0. The second kappa shape index (κ2) is 5.65. The molecule has 0 aliphatic carbocycles. The molecule has 3 nitrogen and oxygen atoms in total. The summed E-state index contributed by atoms with van der Waals surface area (Å²) in [5.74, 6) is 1.08. The first kappa shape index (κ1) is 13.2. The Morgan fingerprint density at radius 2 is 1.70 bits per heavy atom. The van der Waals surface area contributed by atoms with Crippen molar-refractivity contribution in [1.29, 1.82) is 0 Å². The lowest BCUT2D eigenvalue weighted by Crippen LogP contribution is -1.91. The highest BCUT2D eigenvalue weighted by Crippen LogP contribution is 2.22. The maximum atomic E-state index is 6.11. The van der Waals surface area contributed by atoms with Crippen molar-refractivity contribution in [3.63, 3.8) is 0 Å². The third-order valence-corrected chi connectivity index (χ3v) is 3.49. The molecule has 0 saturated heterocycles. The van der Waals surface area contributed by atoms with Crippen molar-refractivity contribution in [2.45, 2.75) is 6.42 Å². The molecule has 20 heavy (non-hydrogen) atoms. The predicted molar refractivity (Wildman–Crippen MR) is 79.0 cm³/mol. The number of nitrogens with zero attached hydrogens (tertiary/aromatic N) is 2. The molecular formula is C15H10Cl2N2O. The largest absolute Gasteiger partial charge is 0.334 e. The van der Waals surface area contributed by atoms with Crippen LogP contribution < -0.4 is 0 Å². The van der Waals surface area contributed by atoms with Crippen LogP contribution in [0.1, 0.15) is 11.4 Å². The maximum absolute atomic E-state index is 6.11. The van der Waals surface area contributed by atoms with Crippen molar-refractivity contribution in [2.75, 3.05) is 0 Å². The minimum atomic E-state index is 0.476. The average molecular weight is 305 g/mol. The van der Waals surface area contributed by atoms with Gasteiger partial charge in [-0.15, -0.1) is 0 Å². The number of aromatic nitrogens is 2. The standard InChI is InChI=1S/C15H10Cl2N2O/c16-12-7-5-10(6-8-12)15-18-14(19-20-15)9-11-3-1-2-4-13(11)17/h1-8H,9H2. The summed E-state index contributed by atoms with van der Waals surface area (Å²) in [6.07, 6.45) is 0.538. The van der Waals surface area contributed by atoms with Gasteiger partial charge in [-0.25, -0.2) is 0 Å². The molecule has 100 valence electrons. The summed E-state index contributed by atoms with van der Waals surface area (Å²) in [6, 6.07) is 14.9. The Labute approximate surface area is 126 Å². The first-order valence-electron chi connectivity index (χ1n) is 6.04. The van der Waals surface area contributed by atoms with Crippen LogP contribution in [-0.2, 0) is 6.42 Å². The lowest BCUT2D eigenvalue weighted by atomic mass is 10.1. The molecule has 0 N–H and O–H groups in total. The highest BCUT2D eigenvalue weighted by atomic mass is 35.5. The van der Waals surface area contributed by atoms with Crippen molar-refractivity contribution in [2.24, 2.45) is 0 Å². The lowest BCUT2D eigenvalue weighted by Gasteiger charge is -1.98. The molecule has 3 rings (SSSR count). The highest BCUT2D eigenvalue weighted by molar-refractivity contribution is 6.31. The summed E-state index contributed by atoms with van der Waals surface area (Å²) in [7, 11) is 0. The Bertz CT molecular complexity index is 723. The Morgan fingerprint density at radius 1 is 0.950 bits per heavy atom. The van der Waals surface area contributed by atoms with Gasteiger partial charge in [-0.3, -0.25) is 0 Å². The molecule has 0 bridgehead atoms. The van der Waals surface area contributed by atoms with Gasteiger partial charge in [-0.2, -0.15) is 4.98 Å². The van der Waals surface area contributed by atoms with Crippen LogP contribution in [0, 0.1) is 0 Å². The summed E-state index contributed by atoms with van der Waals surface area (Å²) in [5, 5.41) is 5.34. The number of benzene rings is 2. The van der Waals surface area contributed by atoms with Crippen LogP contribution in [0.4, 0.5) is 0 Å². The smallest absolute Gasteiger partial charge is 0.257 e. The van der Waals surface area contributed by atoms with Crippen molar-refractivity contribution >= 4 is 23.2 Å². The fourth-order valence-electron chi connectivity index (χ4n) is 1.85. The van der Waals surface area contributed by atoms with E-state index >= 15 is 0 Å². The second-order valence-electron chi connectivity index (χ2n) is 4.29. The Kier molecular flexibility index (Phi) is 3.72. The molecular weight excluding hydrogens is 295 g/mol. The first-order chi connectivity index (χ1) is 9.72. The van der Waals surface area contributed by atoms with Crippen LogP contribution in [0.5, 0.6) is 0 Å². The zero-order valence-electron chi connectivity index (χ0n) is 10.4. The van der Waals surface area contributed by atoms with E-state index in [4.69, 9.17) is 27.7 Å². The van der Waals surface area contributed by atoms with E-state index in [0.717, 1.165) is 11.1 Å². The van der Waals surface area contributed by atoms with Gasteiger partial charge in [0, 0.05) is 22.0 Å². The van der Waals surface area contributed by atoms with E-state index in [0.29, 0.717) is 28.2 Å². The van der Waals surface area contributed by atoms with Crippen molar-refractivity contribution in [3.8, 4) is 11.5 Å². The molecule has 1 heterocycles. The van der Waals surface area contributed by atoms with Gasteiger partial charge in [0.15, 0.2) is 5.82 Å². The third kappa shape index (κ3) is 2.84. The molecule has 0 saturated carbocycles. The van der Waals surface area contributed by atoms with E-state index in [2.05, 4.69) is 10.1 Å². The molecule has 2 aromatic carbocycles. The summed E-state index contributed by atoms with van der Waals surface area (Å²) in [4.78, 5) is 4.37.